The first-order valence-electron chi connectivity index (χ1n) is 6.52. The van der Waals surface area contributed by atoms with Gasteiger partial charge in [0.05, 0.1) is 9.82 Å². The quantitative estimate of drug-likeness (QED) is 0.612. The van der Waals surface area contributed by atoms with E-state index in [1.807, 2.05) is 6.92 Å². The summed E-state index contributed by atoms with van der Waals surface area (Å²) >= 11 is 0. The number of likely N-dealkylation sites (N-methyl/N-ethyl adjacent to an activating group) is 1. The van der Waals surface area contributed by atoms with E-state index < -0.39 is 26.5 Å². The van der Waals surface area contributed by atoms with Crippen LogP contribution in [0, 0.1) is 15.9 Å². The van der Waals surface area contributed by atoms with Crippen molar-refractivity contribution < 1.29 is 17.7 Å². The lowest BCUT2D eigenvalue weighted by Gasteiger charge is -2.33. The third-order valence-electron chi connectivity index (χ3n) is 3.53. The van der Waals surface area contributed by atoms with Crippen LogP contribution in [-0.4, -0.2) is 55.3 Å². The molecule has 1 aliphatic heterocycles. The second kappa shape index (κ2) is 6.04. The Bertz CT molecular complexity index is 642. The summed E-state index contributed by atoms with van der Waals surface area (Å²) in [5, 5.41) is 10.7. The lowest BCUT2D eigenvalue weighted by molar-refractivity contribution is -0.387. The van der Waals surface area contributed by atoms with Crippen LogP contribution in [-0.2, 0) is 10.0 Å². The smallest absolute Gasteiger partial charge is 0.301 e. The molecule has 0 N–H and O–H groups in total. The lowest BCUT2D eigenvalue weighted by atomic mass is 10.3. The van der Waals surface area contributed by atoms with Gasteiger partial charge in [0.15, 0.2) is 0 Å². The molecule has 0 aliphatic carbocycles. The first kappa shape index (κ1) is 15.8. The fraction of sp³-hybridized carbons (Fsp3) is 0.500. The highest BCUT2D eigenvalue weighted by Crippen LogP contribution is 2.24. The summed E-state index contributed by atoms with van der Waals surface area (Å²) in [6, 6.07) is 2.65. The highest BCUT2D eigenvalue weighted by molar-refractivity contribution is 7.89. The molecule has 0 unspecified atom stereocenters. The number of nitro groups is 1. The molecule has 9 heteroatoms. The van der Waals surface area contributed by atoms with Gasteiger partial charge in [-0.1, -0.05) is 6.92 Å². The second-order valence-electron chi connectivity index (χ2n) is 4.71. The van der Waals surface area contributed by atoms with Gasteiger partial charge in [0.25, 0.3) is 0 Å². The zero-order valence-electron chi connectivity index (χ0n) is 11.5. The Hall–Kier alpha value is -1.58. The molecular formula is C12H16FN3O4S. The fourth-order valence-electron chi connectivity index (χ4n) is 2.23. The standard InChI is InChI=1S/C12H16FN3O4S/c1-2-14-5-7-15(8-6-14)21(19,20)10-3-4-11(13)12(9-10)16(17)18/h3-4,9H,2,5-8H2,1H3. The maximum Gasteiger partial charge on any atom is 0.306 e. The number of nitrogens with zero attached hydrogens (tertiary/aromatic N) is 3. The van der Waals surface area contributed by atoms with Crippen molar-refractivity contribution in [2.75, 3.05) is 32.7 Å². The summed E-state index contributed by atoms with van der Waals surface area (Å²) in [6.07, 6.45) is 0. The molecule has 0 amide bonds. The Morgan fingerprint density at radius 3 is 2.43 bits per heavy atom. The van der Waals surface area contributed by atoms with E-state index in [9.17, 15) is 22.9 Å². The lowest BCUT2D eigenvalue weighted by Crippen LogP contribution is -2.48. The zero-order valence-corrected chi connectivity index (χ0v) is 12.3. The number of piperazine rings is 1. The predicted octanol–water partition coefficient (Wildman–Crippen LogP) is 1.06. The molecule has 1 saturated heterocycles. The highest BCUT2D eigenvalue weighted by atomic mass is 32.2. The summed E-state index contributed by atoms with van der Waals surface area (Å²) in [6.45, 7) is 4.70. The first-order chi connectivity index (χ1) is 9.86. The number of hydrogen-bond donors (Lipinski definition) is 0. The van der Waals surface area contributed by atoms with Gasteiger partial charge in [-0.05, 0) is 18.7 Å². The number of nitro benzene ring substituents is 1. The molecule has 0 bridgehead atoms. The molecule has 1 aromatic rings. The maximum absolute atomic E-state index is 13.3. The molecule has 0 radical (unpaired) electrons. The van der Waals surface area contributed by atoms with Crippen molar-refractivity contribution in [1.82, 2.24) is 9.21 Å². The zero-order chi connectivity index (χ0) is 15.6. The van der Waals surface area contributed by atoms with Gasteiger partial charge in [-0.3, -0.25) is 10.1 Å². The van der Waals surface area contributed by atoms with Crippen LogP contribution in [0.3, 0.4) is 0 Å². The van der Waals surface area contributed by atoms with E-state index in [1.165, 1.54) is 4.31 Å². The number of benzene rings is 1. The Balaban J connectivity index is 2.28. The van der Waals surface area contributed by atoms with E-state index in [0.717, 1.165) is 24.7 Å². The Labute approximate surface area is 122 Å². The van der Waals surface area contributed by atoms with E-state index >= 15 is 0 Å². The molecule has 0 saturated carbocycles. The van der Waals surface area contributed by atoms with Crippen LogP contribution in [0.15, 0.2) is 23.1 Å². The molecule has 21 heavy (non-hydrogen) atoms. The van der Waals surface area contributed by atoms with Crippen LogP contribution in [0.5, 0.6) is 0 Å². The van der Waals surface area contributed by atoms with E-state index in [2.05, 4.69) is 4.90 Å². The molecule has 0 aromatic heterocycles. The van der Waals surface area contributed by atoms with E-state index in [0.29, 0.717) is 26.2 Å². The fourth-order valence-corrected chi connectivity index (χ4v) is 3.67. The van der Waals surface area contributed by atoms with Gasteiger partial charge in [-0.15, -0.1) is 0 Å². The van der Waals surface area contributed by atoms with Gasteiger partial charge in [0, 0.05) is 32.2 Å². The van der Waals surface area contributed by atoms with Crippen LogP contribution >= 0.6 is 0 Å². The average molecular weight is 317 g/mol. The van der Waals surface area contributed by atoms with Gasteiger partial charge in [0.2, 0.25) is 15.8 Å². The van der Waals surface area contributed by atoms with Gasteiger partial charge in [-0.2, -0.15) is 8.70 Å². The van der Waals surface area contributed by atoms with Crippen LogP contribution in [0.25, 0.3) is 0 Å². The van der Waals surface area contributed by atoms with Gasteiger partial charge in [-0.25, -0.2) is 8.42 Å². The van der Waals surface area contributed by atoms with Crippen molar-refractivity contribution in [3.05, 3.63) is 34.1 Å². The molecule has 2 rings (SSSR count). The Morgan fingerprint density at radius 1 is 1.29 bits per heavy atom. The monoisotopic (exact) mass is 317 g/mol. The number of halogens is 1. The normalized spacial score (nSPS) is 17.8. The molecule has 1 aliphatic rings. The average Bonchev–Trinajstić information content (AvgIpc) is 2.47. The van der Waals surface area contributed by atoms with Gasteiger partial charge < -0.3 is 4.90 Å². The highest BCUT2D eigenvalue weighted by Gasteiger charge is 2.30. The van der Waals surface area contributed by atoms with E-state index in [4.69, 9.17) is 0 Å². The molecule has 1 fully saturated rings. The van der Waals surface area contributed by atoms with Crippen molar-refractivity contribution in [2.24, 2.45) is 0 Å². The Kier molecular flexibility index (Phi) is 4.55. The Morgan fingerprint density at radius 2 is 1.90 bits per heavy atom. The first-order valence-corrected chi connectivity index (χ1v) is 7.96. The van der Waals surface area contributed by atoms with Gasteiger partial charge >= 0.3 is 5.69 Å². The van der Waals surface area contributed by atoms with Crippen molar-refractivity contribution >= 4 is 15.7 Å². The van der Waals surface area contributed by atoms with Crippen LogP contribution in [0.4, 0.5) is 10.1 Å². The van der Waals surface area contributed by atoms with Crippen molar-refractivity contribution in [3.8, 4) is 0 Å². The van der Waals surface area contributed by atoms with E-state index in [-0.39, 0.29) is 4.90 Å². The second-order valence-corrected chi connectivity index (χ2v) is 6.65. The SMILES string of the molecule is CCN1CCN(S(=O)(=O)c2ccc(F)c([N+](=O)[O-])c2)CC1. The molecule has 0 atom stereocenters. The summed E-state index contributed by atoms with van der Waals surface area (Å²) in [4.78, 5) is 11.6. The van der Waals surface area contributed by atoms with Crippen molar-refractivity contribution in [3.63, 3.8) is 0 Å². The van der Waals surface area contributed by atoms with Crippen LogP contribution in [0.2, 0.25) is 0 Å². The maximum atomic E-state index is 13.3. The minimum absolute atomic E-state index is 0.249. The van der Waals surface area contributed by atoms with E-state index in [1.54, 1.807) is 0 Å². The molecule has 1 aromatic carbocycles. The minimum atomic E-state index is -3.83. The summed E-state index contributed by atoms with van der Waals surface area (Å²) < 4.78 is 39.4. The van der Waals surface area contributed by atoms with Crippen molar-refractivity contribution in [2.45, 2.75) is 11.8 Å². The number of sulfonamides is 1. The number of rotatable bonds is 4. The minimum Gasteiger partial charge on any atom is -0.301 e. The molecule has 116 valence electrons. The summed E-state index contributed by atoms with van der Waals surface area (Å²) in [5.41, 5.74) is -0.830. The molecule has 7 nitrogen and oxygen atoms in total. The predicted molar refractivity (Wildman–Crippen MR) is 73.9 cm³/mol. The van der Waals surface area contributed by atoms with Gasteiger partial charge in [0.1, 0.15) is 0 Å². The largest absolute Gasteiger partial charge is 0.306 e. The van der Waals surface area contributed by atoms with Crippen LogP contribution < -0.4 is 0 Å². The van der Waals surface area contributed by atoms with Crippen LogP contribution in [0.1, 0.15) is 6.92 Å². The van der Waals surface area contributed by atoms with Crippen molar-refractivity contribution in [1.29, 1.82) is 0 Å². The molecule has 0 spiro atoms. The summed E-state index contributed by atoms with van der Waals surface area (Å²) in [7, 11) is -3.83. The third kappa shape index (κ3) is 3.20. The molecule has 1 heterocycles. The molecular weight excluding hydrogens is 301 g/mol. The summed E-state index contributed by atoms with van der Waals surface area (Å²) in [5.74, 6) is -1.05. The third-order valence-corrected chi connectivity index (χ3v) is 5.43. The number of hydrogen-bond acceptors (Lipinski definition) is 5. The topological polar surface area (TPSA) is 83.8 Å².